The number of hydrogen-bond donors (Lipinski definition) is 2. The van der Waals surface area contributed by atoms with E-state index in [0.717, 1.165) is 5.56 Å². The van der Waals surface area contributed by atoms with Gasteiger partial charge < -0.3 is 14.6 Å². The van der Waals surface area contributed by atoms with E-state index in [1.54, 1.807) is 60.7 Å². The summed E-state index contributed by atoms with van der Waals surface area (Å²) < 4.78 is 11.2. The average Bonchev–Trinajstić information content (AvgIpc) is 2.81. The summed E-state index contributed by atoms with van der Waals surface area (Å²) in [5.74, 6) is 0.592. The van der Waals surface area contributed by atoms with Crippen molar-refractivity contribution in [1.82, 2.24) is 5.43 Å². The minimum atomic E-state index is -1.88. The maximum absolute atomic E-state index is 13.0. The van der Waals surface area contributed by atoms with Crippen molar-refractivity contribution in [1.29, 1.82) is 0 Å². The molecule has 3 aromatic rings. The van der Waals surface area contributed by atoms with Gasteiger partial charge in [0.15, 0.2) is 17.1 Å². The highest BCUT2D eigenvalue weighted by molar-refractivity contribution is 5.91. The Kier molecular flexibility index (Phi) is 7.40. The summed E-state index contributed by atoms with van der Waals surface area (Å²) in [6, 6.07) is 23.0. The Hall–Kier alpha value is -3.64. The summed E-state index contributed by atoms with van der Waals surface area (Å²) in [6.07, 6.45) is 1.49. The van der Waals surface area contributed by atoms with E-state index in [2.05, 4.69) is 10.5 Å². The molecule has 0 aliphatic heterocycles. The number of hydrogen-bond acceptors (Lipinski definition) is 5. The zero-order valence-corrected chi connectivity index (χ0v) is 17.6. The SMILES string of the molecule is CCOc1ccc(C=NNC(=O)C(O)(c2ccccc2)c2ccccc2)cc1OCC. The Morgan fingerprint density at radius 1 is 0.903 bits per heavy atom. The van der Waals surface area contributed by atoms with Crippen LogP contribution < -0.4 is 14.9 Å². The van der Waals surface area contributed by atoms with Gasteiger partial charge in [-0.2, -0.15) is 5.10 Å². The molecule has 0 heterocycles. The number of carbonyl (C=O) groups is 1. The lowest BCUT2D eigenvalue weighted by Gasteiger charge is -2.27. The summed E-state index contributed by atoms with van der Waals surface area (Å²) in [7, 11) is 0. The third-order valence-corrected chi connectivity index (χ3v) is 4.66. The molecule has 0 aliphatic carbocycles. The van der Waals surface area contributed by atoms with Crippen LogP contribution in [0, 0.1) is 0 Å². The van der Waals surface area contributed by atoms with Crippen LogP contribution in [0.25, 0.3) is 0 Å². The van der Waals surface area contributed by atoms with Gasteiger partial charge in [0.05, 0.1) is 19.4 Å². The van der Waals surface area contributed by atoms with Gasteiger partial charge in [0.2, 0.25) is 0 Å². The maximum atomic E-state index is 13.0. The summed E-state index contributed by atoms with van der Waals surface area (Å²) in [5.41, 5.74) is 2.21. The standard InChI is InChI=1S/C25H26N2O4/c1-3-30-22-16-15-19(17-23(22)31-4-2)18-26-27-24(28)25(29,20-11-7-5-8-12-20)21-13-9-6-10-14-21/h5-18,29H,3-4H2,1-2H3,(H,27,28). The highest BCUT2D eigenvalue weighted by Gasteiger charge is 2.39. The number of nitrogens with zero attached hydrogens (tertiary/aromatic N) is 1. The van der Waals surface area contributed by atoms with Gasteiger partial charge in [0, 0.05) is 0 Å². The normalized spacial score (nSPS) is 11.3. The molecule has 0 radical (unpaired) electrons. The number of aliphatic hydroxyl groups is 1. The molecule has 0 saturated heterocycles. The van der Waals surface area contributed by atoms with E-state index in [4.69, 9.17) is 9.47 Å². The molecule has 2 N–H and O–H groups in total. The molecular formula is C25H26N2O4. The van der Waals surface area contributed by atoms with Gasteiger partial charge in [-0.05, 0) is 48.7 Å². The van der Waals surface area contributed by atoms with Crippen LogP contribution >= 0.6 is 0 Å². The lowest BCUT2D eigenvalue weighted by Crippen LogP contribution is -2.43. The molecule has 0 fully saturated rings. The van der Waals surface area contributed by atoms with Crippen LogP contribution in [0.2, 0.25) is 0 Å². The van der Waals surface area contributed by atoms with Gasteiger partial charge in [-0.1, -0.05) is 60.7 Å². The fourth-order valence-electron chi connectivity index (χ4n) is 3.18. The van der Waals surface area contributed by atoms with Gasteiger partial charge in [-0.3, -0.25) is 4.79 Å². The largest absolute Gasteiger partial charge is 0.490 e. The molecular weight excluding hydrogens is 392 g/mol. The second-order valence-corrected chi connectivity index (χ2v) is 6.71. The topological polar surface area (TPSA) is 80.2 Å². The first-order chi connectivity index (χ1) is 15.1. The fraction of sp³-hybridized carbons (Fsp3) is 0.200. The van der Waals surface area contributed by atoms with Crippen molar-refractivity contribution in [2.45, 2.75) is 19.4 Å². The molecule has 3 aromatic carbocycles. The molecule has 0 bridgehead atoms. The van der Waals surface area contributed by atoms with E-state index in [1.165, 1.54) is 6.21 Å². The zero-order valence-electron chi connectivity index (χ0n) is 17.6. The summed E-state index contributed by atoms with van der Waals surface area (Å²) in [4.78, 5) is 13.0. The van der Waals surface area contributed by atoms with Crippen molar-refractivity contribution in [3.05, 3.63) is 95.6 Å². The van der Waals surface area contributed by atoms with Crippen molar-refractivity contribution < 1.29 is 19.4 Å². The second-order valence-electron chi connectivity index (χ2n) is 6.71. The van der Waals surface area contributed by atoms with Gasteiger partial charge >= 0.3 is 0 Å². The van der Waals surface area contributed by atoms with Gasteiger partial charge in [-0.15, -0.1) is 0 Å². The highest BCUT2D eigenvalue weighted by Crippen LogP contribution is 2.30. The minimum Gasteiger partial charge on any atom is -0.490 e. The van der Waals surface area contributed by atoms with Crippen molar-refractivity contribution in [2.75, 3.05) is 13.2 Å². The minimum absolute atomic E-state index is 0.452. The van der Waals surface area contributed by atoms with Gasteiger partial charge in [-0.25, -0.2) is 5.43 Å². The predicted molar refractivity (Wildman–Crippen MR) is 120 cm³/mol. The molecule has 0 atom stereocenters. The Labute approximate surface area is 182 Å². The first-order valence-electron chi connectivity index (χ1n) is 10.2. The molecule has 31 heavy (non-hydrogen) atoms. The molecule has 0 aliphatic rings. The Balaban J connectivity index is 1.83. The van der Waals surface area contributed by atoms with Crippen molar-refractivity contribution in [3.8, 4) is 11.5 Å². The monoisotopic (exact) mass is 418 g/mol. The van der Waals surface area contributed by atoms with E-state index in [-0.39, 0.29) is 0 Å². The number of ether oxygens (including phenoxy) is 2. The number of carbonyl (C=O) groups excluding carboxylic acids is 1. The number of hydrazone groups is 1. The molecule has 6 heteroatoms. The first kappa shape index (κ1) is 22.1. The Bertz CT molecular complexity index is 981. The number of amides is 1. The molecule has 6 nitrogen and oxygen atoms in total. The molecule has 160 valence electrons. The molecule has 3 rings (SSSR count). The number of rotatable bonds is 9. The molecule has 1 amide bonds. The summed E-state index contributed by atoms with van der Waals surface area (Å²) >= 11 is 0. The summed E-state index contributed by atoms with van der Waals surface area (Å²) in [5, 5.41) is 15.5. The molecule has 0 saturated carbocycles. The van der Waals surface area contributed by atoms with Crippen molar-refractivity contribution in [2.24, 2.45) is 5.10 Å². The predicted octanol–water partition coefficient (Wildman–Crippen LogP) is 3.87. The van der Waals surface area contributed by atoms with Crippen LogP contribution in [0.3, 0.4) is 0 Å². The van der Waals surface area contributed by atoms with Crippen LogP contribution in [0.1, 0.15) is 30.5 Å². The van der Waals surface area contributed by atoms with Crippen molar-refractivity contribution in [3.63, 3.8) is 0 Å². The molecule has 0 unspecified atom stereocenters. The Morgan fingerprint density at radius 3 is 2.00 bits per heavy atom. The number of benzene rings is 3. The molecule has 0 spiro atoms. The zero-order chi connectivity index (χ0) is 22.1. The second kappa shape index (κ2) is 10.4. The third-order valence-electron chi connectivity index (χ3n) is 4.66. The quantitative estimate of drug-likeness (QED) is 0.408. The highest BCUT2D eigenvalue weighted by atomic mass is 16.5. The van der Waals surface area contributed by atoms with Crippen LogP contribution in [-0.2, 0) is 10.4 Å². The van der Waals surface area contributed by atoms with E-state index < -0.39 is 11.5 Å². The van der Waals surface area contributed by atoms with Gasteiger partial charge in [0.1, 0.15) is 0 Å². The Morgan fingerprint density at radius 2 is 1.45 bits per heavy atom. The van der Waals surface area contributed by atoms with E-state index in [9.17, 15) is 9.90 Å². The first-order valence-corrected chi connectivity index (χ1v) is 10.2. The lowest BCUT2D eigenvalue weighted by atomic mass is 9.85. The van der Waals surface area contributed by atoms with Crippen LogP contribution in [0.5, 0.6) is 11.5 Å². The average molecular weight is 418 g/mol. The van der Waals surface area contributed by atoms with Crippen LogP contribution in [0.4, 0.5) is 0 Å². The van der Waals surface area contributed by atoms with Crippen molar-refractivity contribution >= 4 is 12.1 Å². The van der Waals surface area contributed by atoms with Crippen LogP contribution in [0.15, 0.2) is 84.0 Å². The third kappa shape index (κ3) is 5.10. The fourth-order valence-corrected chi connectivity index (χ4v) is 3.18. The number of nitrogens with one attached hydrogen (secondary N) is 1. The van der Waals surface area contributed by atoms with E-state index in [0.29, 0.717) is 35.8 Å². The smallest absolute Gasteiger partial charge is 0.281 e. The lowest BCUT2D eigenvalue weighted by molar-refractivity contribution is -0.136. The molecule has 0 aromatic heterocycles. The maximum Gasteiger partial charge on any atom is 0.281 e. The van der Waals surface area contributed by atoms with E-state index >= 15 is 0 Å². The van der Waals surface area contributed by atoms with E-state index in [1.807, 2.05) is 32.0 Å². The van der Waals surface area contributed by atoms with Crippen LogP contribution in [-0.4, -0.2) is 30.4 Å². The summed E-state index contributed by atoms with van der Waals surface area (Å²) in [6.45, 7) is 4.83. The van der Waals surface area contributed by atoms with Gasteiger partial charge in [0.25, 0.3) is 5.91 Å².